The van der Waals surface area contributed by atoms with E-state index in [1.807, 2.05) is 17.4 Å². The Morgan fingerprint density at radius 3 is 2.80 bits per heavy atom. The van der Waals surface area contributed by atoms with Gasteiger partial charge in [-0.2, -0.15) is 0 Å². The first kappa shape index (κ1) is 13.3. The van der Waals surface area contributed by atoms with E-state index in [9.17, 15) is 0 Å². The van der Waals surface area contributed by atoms with Crippen molar-refractivity contribution < 1.29 is 0 Å². The first-order valence-corrected chi connectivity index (χ1v) is 7.73. The summed E-state index contributed by atoms with van der Waals surface area (Å²) in [5.74, 6) is 1.08. The fraction of sp³-hybridized carbons (Fsp3) is 0.312. The molecule has 0 saturated carbocycles. The van der Waals surface area contributed by atoms with Crippen LogP contribution in [0.1, 0.15) is 15.6 Å². The molecule has 1 N–H and O–H groups in total. The molecule has 1 aromatic carbocycles. The van der Waals surface area contributed by atoms with Gasteiger partial charge in [0, 0.05) is 29.4 Å². The highest BCUT2D eigenvalue weighted by Crippen LogP contribution is 2.16. The number of benzene rings is 1. The number of hydrogen-bond acceptors (Lipinski definition) is 3. The van der Waals surface area contributed by atoms with Gasteiger partial charge in [0.15, 0.2) is 0 Å². The Bertz CT molecular complexity index is 711. The number of thiophene rings is 1. The van der Waals surface area contributed by atoms with Gasteiger partial charge in [-0.1, -0.05) is 12.1 Å². The summed E-state index contributed by atoms with van der Waals surface area (Å²) in [4.78, 5) is 7.36. The lowest BCUT2D eigenvalue weighted by Crippen LogP contribution is -2.19. The zero-order valence-electron chi connectivity index (χ0n) is 11.9. The van der Waals surface area contributed by atoms with Crippen molar-refractivity contribution in [2.45, 2.75) is 26.9 Å². The molecule has 0 aliphatic heterocycles. The van der Waals surface area contributed by atoms with Gasteiger partial charge in [-0.05, 0) is 38.1 Å². The lowest BCUT2D eigenvalue weighted by Gasteiger charge is -2.07. The zero-order chi connectivity index (χ0) is 13.9. The Morgan fingerprint density at radius 2 is 2.00 bits per heavy atom. The molecular formula is C16H19N3S. The lowest BCUT2D eigenvalue weighted by molar-refractivity contribution is 0.600. The molecule has 0 unspecified atom stereocenters. The molecule has 104 valence electrons. The van der Waals surface area contributed by atoms with Crippen LogP contribution >= 0.6 is 11.3 Å². The smallest absolute Gasteiger partial charge is 0.106 e. The Balaban J connectivity index is 1.61. The van der Waals surface area contributed by atoms with E-state index in [4.69, 9.17) is 0 Å². The fourth-order valence-electron chi connectivity index (χ4n) is 2.46. The highest BCUT2D eigenvalue weighted by atomic mass is 32.1. The second kappa shape index (κ2) is 5.77. The van der Waals surface area contributed by atoms with Crippen molar-refractivity contribution in [3.05, 3.63) is 52.0 Å². The highest BCUT2D eigenvalue weighted by molar-refractivity contribution is 7.11. The van der Waals surface area contributed by atoms with Crippen molar-refractivity contribution in [2.75, 3.05) is 6.54 Å². The molecular weight excluding hydrogens is 266 g/mol. The highest BCUT2D eigenvalue weighted by Gasteiger charge is 2.05. The van der Waals surface area contributed by atoms with Gasteiger partial charge in [0.2, 0.25) is 0 Å². The number of fused-ring (bicyclic) bond motifs is 1. The molecule has 0 aliphatic carbocycles. The van der Waals surface area contributed by atoms with E-state index in [0.29, 0.717) is 0 Å². The largest absolute Gasteiger partial charge is 0.327 e. The number of rotatable bonds is 5. The van der Waals surface area contributed by atoms with E-state index in [2.05, 4.69) is 59.0 Å². The third-order valence-corrected chi connectivity index (χ3v) is 4.45. The molecule has 3 rings (SSSR count). The van der Waals surface area contributed by atoms with Crippen molar-refractivity contribution in [3.63, 3.8) is 0 Å². The van der Waals surface area contributed by atoms with Gasteiger partial charge in [0.25, 0.3) is 0 Å². The van der Waals surface area contributed by atoms with Crippen LogP contribution in [0.15, 0.2) is 36.4 Å². The molecule has 20 heavy (non-hydrogen) atoms. The SMILES string of the molecule is Cc1ccc(CNCCn2c(C)nc3ccccc32)s1. The predicted octanol–water partition coefficient (Wildman–Crippen LogP) is 3.50. The van der Waals surface area contributed by atoms with Gasteiger partial charge in [-0.15, -0.1) is 11.3 Å². The molecule has 0 radical (unpaired) electrons. The van der Waals surface area contributed by atoms with Crippen molar-refractivity contribution in [1.82, 2.24) is 14.9 Å². The third kappa shape index (κ3) is 2.76. The molecule has 0 amide bonds. The third-order valence-electron chi connectivity index (χ3n) is 3.45. The van der Waals surface area contributed by atoms with Crippen LogP contribution in [0, 0.1) is 13.8 Å². The average Bonchev–Trinajstić information content (AvgIpc) is 2.98. The molecule has 4 heteroatoms. The van der Waals surface area contributed by atoms with E-state index >= 15 is 0 Å². The van der Waals surface area contributed by atoms with Gasteiger partial charge >= 0.3 is 0 Å². The van der Waals surface area contributed by atoms with Crippen molar-refractivity contribution in [1.29, 1.82) is 0 Å². The Hall–Kier alpha value is -1.65. The average molecular weight is 285 g/mol. The number of nitrogens with zero attached hydrogens (tertiary/aromatic N) is 2. The van der Waals surface area contributed by atoms with Crippen LogP contribution in [0.2, 0.25) is 0 Å². The van der Waals surface area contributed by atoms with Crippen LogP contribution in [0.3, 0.4) is 0 Å². The summed E-state index contributed by atoms with van der Waals surface area (Å²) in [5.41, 5.74) is 2.30. The van der Waals surface area contributed by atoms with Crippen LogP contribution in [-0.4, -0.2) is 16.1 Å². The fourth-order valence-corrected chi connectivity index (χ4v) is 3.32. The lowest BCUT2D eigenvalue weighted by atomic mass is 10.3. The number of hydrogen-bond donors (Lipinski definition) is 1. The molecule has 0 spiro atoms. The Labute approximate surface area is 123 Å². The summed E-state index contributed by atoms with van der Waals surface area (Å²) in [6, 6.07) is 12.7. The van der Waals surface area contributed by atoms with Gasteiger partial charge in [-0.3, -0.25) is 0 Å². The standard InChI is InChI=1S/C16H19N3S/c1-12-7-8-14(20-12)11-17-9-10-19-13(2)18-15-5-3-4-6-16(15)19/h3-8,17H,9-11H2,1-2H3. The van der Waals surface area contributed by atoms with Gasteiger partial charge in [0.1, 0.15) is 5.82 Å². The first-order valence-electron chi connectivity index (χ1n) is 6.92. The van der Waals surface area contributed by atoms with Crippen LogP contribution in [0.5, 0.6) is 0 Å². The van der Waals surface area contributed by atoms with E-state index in [0.717, 1.165) is 31.0 Å². The summed E-state index contributed by atoms with van der Waals surface area (Å²) in [6.45, 7) is 7.08. The predicted molar refractivity (Wildman–Crippen MR) is 85.2 cm³/mol. The van der Waals surface area contributed by atoms with Crippen LogP contribution < -0.4 is 5.32 Å². The summed E-state index contributed by atoms with van der Waals surface area (Å²) in [5, 5.41) is 3.51. The maximum Gasteiger partial charge on any atom is 0.106 e. The topological polar surface area (TPSA) is 29.9 Å². The van der Waals surface area contributed by atoms with E-state index in [1.165, 1.54) is 15.3 Å². The van der Waals surface area contributed by atoms with Gasteiger partial charge in [0.05, 0.1) is 11.0 Å². The van der Waals surface area contributed by atoms with Crippen molar-refractivity contribution in [2.24, 2.45) is 0 Å². The quantitative estimate of drug-likeness (QED) is 0.727. The van der Waals surface area contributed by atoms with Gasteiger partial charge < -0.3 is 9.88 Å². The first-order chi connectivity index (χ1) is 9.74. The summed E-state index contributed by atoms with van der Waals surface area (Å²) in [7, 11) is 0. The molecule has 0 atom stereocenters. The Morgan fingerprint density at radius 1 is 1.15 bits per heavy atom. The molecule has 3 aromatic rings. The second-order valence-corrected chi connectivity index (χ2v) is 6.36. The number of imidazole rings is 1. The summed E-state index contributed by atoms with van der Waals surface area (Å²) in [6.07, 6.45) is 0. The molecule has 2 aromatic heterocycles. The minimum atomic E-state index is 0.949. The minimum absolute atomic E-state index is 0.949. The van der Waals surface area contributed by atoms with Crippen molar-refractivity contribution >= 4 is 22.4 Å². The molecule has 0 bridgehead atoms. The molecule has 0 aliphatic rings. The molecule has 0 fully saturated rings. The number of nitrogens with one attached hydrogen (secondary N) is 1. The van der Waals surface area contributed by atoms with Gasteiger partial charge in [-0.25, -0.2) is 4.98 Å². The van der Waals surface area contributed by atoms with E-state index in [-0.39, 0.29) is 0 Å². The monoisotopic (exact) mass is 285 g/mol. The molecule has 3 nitrogen and oxygen atoms in total. The molecule has 0 saturated heterocycles. The van der Waals surface area contributed by atoms with Crippen molar-refractivity contribution in [3.8, 4) is 0 Å². The van der Waals surface area contributed by atoms with Crippen LogP contribution in [-0.2, 0) is 13.1 Å². The number of aromatic nitrogens is 2. The summed E-state index contributed by atoms with van der Waals surface area (Å²) >= 11 is 1.86. The zero-order valence-corrected chi connectivity index (χ0v) is 12.7. The Kier molecular flexibility index (Phi) is 3.85. The van der Waals surface area contributed by atoms with Crippen LogP contribution in [0.4, 0.5) is 0 Å². The number of para-hydroxylation sites is 2. The van der Waals surface area contributed by atoms with Crippen LogP contribution in [0.25, 0.3) is 11.0 Å². The normalized spacial score (nSPS) is 11.3. The minimum Gasteiger partial charge on any atom is -0.327 e. The maximum atomic E-state index is 4.59. The second-order valence-electron chi connectivity index (χ2n) is 4.99. The summed E-state index contributed by atoms with van der Waals surface area (Å²) < 4.78 is 2.28. The molecule has 2 heterocycles. The number of aryl methyl sites for hydroxylation is 2. The van der Waals surface area contributed by atoms with E-state index in [1.54, 1.807) is 0 Å². The van der Waals surface area contributed by atoms with E-state index < -0.39 is 0 Å². The maximum absolute atomic E-state index is 4.59.